The summed E-state index contributed by atoms with van der Waals surface area (Å²) in [4.78, 5) is 0.300. The van der Waals surface area contributed by atoms with E-state index in [2.05, 4.69) is 0 Å². The van der Waals surface area contributed by atoms with Gasteiger partial charge in [-0.2, -0.15) is 16.8 Å². The Bertz CT molecular complexity index is 1040. The Morgan fingerprint density at radius 1 is 0.613 bits per heavy atom. The first-order valence-corrected chi connectivity index (χ1v) is 13.0. The monoisotopic (exact) mass is 468 g/mol. The maximum absolute atomic E-state index is 12.8. The maximum Gasteiger partial charge on any atom is 0.297 e. The summed E-state index contributed by atoms with van der Waals surface area (Å²) in [7, 11) is -8.00. The van der Waals surface area contributed by atoms with Crippen LogP contribution in [-0.4, -0.2) is 29.0 Å². The van der Waals surface area contributed by atoms with Crippen LogP contribution in [0.1, 0.15) is 53.6 Å². The zero-order valence-electron chi connectivity index (χ0n) is 19.4. The van der Waals surface area contributed by atoms with Gasteiger partial charge in [-0.25, -0.2) is 0 Å². The molecule has 0 saturated heterocycles. The van der Waals surface area contributed by atoms with Gasteiger partial charge >= 0.3 is 0 Å². The molecule has 2 rings (SSSR count). The van der Waals surface area contributed by atoms with E-state index in [9.17, 15) is 16.8 Å². The van der Waals surface area contributed by atoms with Crippen molar-refractivity contribution in [1.29, 1.82) is 0 Å². The molecule has 0 amide bonds. The third-order valence-electron chi connectivity index (χ3n) is 4.96. The summed E-state index contributed by atoms with van der Waals surface area (Å²) in [5, 5.41) is 0. The fourth-order valence-electron chi connectivity index (χ4n) is 4.20. The molecule has 31 heavy (non-hydrogen) atoms. The highest BCUT2D eigenvalue weighted by molar-refractivity contribution is 7.87. The minimum Gasteiger partial charge on any atom is -0.263 e. The van der Waals surface area contributed by atoms with Crippen molar-refractivity contribution < 1.29 is 25.2 Å². The van der Waals surface area contributed by atoms with Crippen molar-refractivity contribution in [3.63, 3.8) is 0 Å². The third-order valence-corrected chi connectivity index (χ3v) is 8.41. The molecule has 0 aliphatic carbocycles. The smallest absolute Gasteiger partial charge is 0.263 e. The van der Waals surface area contributed by atoms with E-state index in [0.717, 1.165) is 11.1 Å². The van der Waals surface area contributed by atoms with Crippen LogP contribution in [0.25, 0.3) is 0 Å². The molecular formula is C23H32O6S2. The van der Waals surface area contributed by atoms with Crippen molar-refractivity contribution in [2.75, 3.05) is 0 Å². The van der Waals surface area contributed by atoms with Gasteiger partial charge in [0.05, 0.1) is 22.0 Å². The molecule has 2 aromatic rings. The van der Waals surface area contributed by atoms with Gasteiger partial charge in [0.1, 0.15) is 0 Å². The predicted molar refractivity (Wildman–Crippen MR) is 121 cm³/mol. The molecule has 172 valence electrons. The second-order valence-electron chi connectivity index (χ2n) is 8.41. The lowest BCUT2D eigenvalue weighted by Gasteiger charge is -2.20. The van der Waals surface area contributed by atoms with E-state index in [1.807, 2.05) is 13.8 Å². The summed E-state index contributed by atoms with van der Waals surface area (Å²) in [6.45, 7) is 13.9. The first-order chi connectivity index (χ1) is 14.1. The van der Waals surface area contributed by atoms with Crippen LogP contribution >= 0.6 is 0 Å². The zero-order valence-corrected chi connectivity index (χ0v) is 21.1. The molecule has 2 atom stereocenters. The average Bonchev–Trinajstić information content (AvgIpc) is 2.49. The molecule has 0 aliphatic heterocycles. The van der Waals surface area contributed by atoms with Gasteiger partial charge < -0.3 is 0 Å². The lowest BCUT2D eigenvalue weighted by atomic mass is 10.1. The summed E-state index contributed by atoms with van der Waals surface area (Å²) in [5.41, 5.74) is 4.39. The van der Waals surface area contributed by atoms with E-state index in [0.29, 0.717) is 22.3 Å². The van der Waals surface area contributed by atoms with Crippen LogP contribution in [0.15, 0.2) is 34.1 Å². The van der Waals surface area contributed by atoms with Gasteiger partial charge in [0, 0.05) is 6.42 Å². The van der Waals surface area contributed by atoms with Crippen molar-refractivity contribution in [2.45, 2.75) is 83.8 Å². The maximum atomic E-state index is 12.8. The highest BCUT2D eigenvalue weighted by Crippen LogP contribution is 2.27. The first kappa shape index (κ1) is 25.5. The summed E-state index contributed by atoms with van der Waals surface area (Å²) < 4.78 is 62.0. The number of hydrogen-bond acceptors (Lipinski definition) is 6. The average molecular weight is 469 g/mol. The highest BCUT2D eigenvalue weighted by atomic mass is 32.2. The quantitative estimate of drug-likeness (QED) is 0.517. The Morgan fingerprint density at radius 2 is 0.871 bits per heavy atom. The van der Waals surface area contributed by atoms with Crippen LogP contribution in [0.4, 0.5) is 0 Å². The number of benzene rings is 2. The summed E-state index contributed by atoms with van der Waals surface area (Å²) >= 11 is 0. The Labute approximate surface area is 186 Å². The van der Waals surface area contributed by atoms with Crippen molar-refractivity contribution in [1.82, 2.24) is 0 Å². The SMILES string of the molecule is Cc1cc(C)c(S(=O)(=O)OC(C)CC(C)OS(=O)(=O)c2c(C)cc(C)cc2C)c(C)c1. The normalized spacial score (nSPS) is 14.5. The molecule has 8 heteroatoms. The van der Waals surface area contributed by atoms with E-state index in [4.69, 9.17) is 8.37 Å². The molecule has 0 fully saturated rings. The van der Waals surface area contributed by atoms with Gasteiger partial charge in [-0.1, -0.05) is 35.4 Å². The van der Waals surface area contributed by atoms with Gasteiger partial charge in [-0.15, -0.1) is 0 Å². The van der Waals surface area contributed by atoms with E-state index in [1.54, 1.807) is 65.8 Å². The number of aryl methyl sites for hydroxylation is 6. The van der Waals surface area contributed by atoms with Crippen LogP contribution in [0, 0.1) is 41.5 Å². The Hall–Kier alpha value is -1.74. The molecule has 0 aliphatic rings. The van der Waals surface area contributed by atoms with Crippen LogP contribution in [-0.2, 0) is 28.6 Å². The molecular weight excluding hydrogens is 436 g/mol. The molecule has 0 heterocycles. The topological polar surface area (TPSA) is 86.7 Å². The molecule has 0 saturated carbocycles. The lowest BCUT2D eigenvalue weighted by molar-refractivity contribution is 0.140. The highest BCUT2D eigenvalue weighted by Gasteiger charge is 2.28. The van der Waals surface area contributed by atoms with Crippen LogP contribution < -0.4 is 0 Å². The molecule has 2 aromatic carbocycles. The van der Waals surface area contributed by atoms with E-state index >= 15 is 0 Å². The minimum atomic E-state index is -4.00. The van der Waals surface area contributed by atoms with Gasteiger partial charge in [-0.3, -0.25) is 8.37 Å². The molecule has 6 nitrogen and oxygen atoms in total. The summed E-state index contributed by atoms with van der Waals surface area (Å²) in [6.07, 6.45) is -1.45. The Balaban J connectivity index is 2.15. The van der Waals surface area contributed by atoms with Crippen molar-refractivity contribution in [3.8, 4) is 0 Å². The minimum absolute atomic E-state index is 0.0897. The molecule has 0 N–H and O–H groups in total. The summed E-state index contributed by atoms with van der Waals surface area (Å²) in [6, 6.07) is 7.16. The van der Waals surface area contributed by atoms with E-state index in [1.165, 1.54) is 0 Å². The van der Waals surface area contributed by atoms with Crippen LogP contribution in [0.3, 0.4) is 0 Å². The van der Waals surface area contributed by atoms with Crippen LogP contribution in [0.5, 0.6) is 0 Å². The van der Waals surface area contributed by atoms with Gasteiger partial charge in [-0.05, 0) is 77.6 Å². The van der Waals surface area contributed by atoms with Crippen molar-refractivity contribution in [3.05, 3.63) is 57.6 Å². The number of hydrogen-bond donors (Lipinski definition) is 0. The lowest BCUT2D eigenvalue weighted by Crippen LogP contribution is -2.25. The Morgan fingerprint density at radius 3 is 1.13 bits per heavy atom. The fraction of sp³-hybridized carbons (Fsp3) is 0.478. The Kier molecular flexibility index (Phi) is 7.74. The van der Waals surface area contributed by atoms with Crippen molar-refractivity contribution in [2.24, 2.45) is 0 Å². The first-order valence-electron chi connectivity index (χ1n) is 10.2. The van der Waals surface area contributed by atoms with E-state index in [-0.39, 0.29) is 16.2 Å². The second kappa shape index (κ2) is 9.40. The van der Waals surface area contributed by atoms with E-state index < -0.39 is 32.4 Å². The largest absolute Gasteiger partial charge is 0.297 e. The zero-order chi connectivity index (χ0) is 23.7. The standard InChI is InChI=1S/C23H32O6S2/c1-14-9-16(3)22(17(4)10-14)30(24,25)28-20(7)13-21(8)29-31(26,27)23-18(5)11-15(2)12-19(23)6/h9-12,20-21H,13H2,1-8H3. The van der Waals surface area contributed by atoms with Gasteiger partial charge in [0.2, 0.25) is 0 Å². The molecule has 0 radical (unpaired) electrons. The molecule has 2 unspecified atom stereocenters. The van der Waals surface area contributed by atoms with Gasteiger partial charge in [0.25, 0.3) is 20.2 Å². The fourth-order valence-corrected chi connectivity index (χ4v) is 7.22. The molecule has 0 bridgehead atoms. The predicted octanol–water partition coefficient (Wildman–Crippen LogP) is 4.82. The third kappa shape index (κ3) is 6.16. The second-order valence-corrected chi connectivity index (χ2v) is 11.4. The van der Waals surface area contributed by atoms with Crippen LogP contribution in [0.2, 0.25) is 0 Å². The van der Waals surface area contributed by atoms with Crippen molar-refractivity contribution >= 4 is 20.2 Å². The summed E-state index contributed by atoms with van der Waals surface area (Å²) in [5.74, 6) is 0. The molecule has 0 aromatic heterocycles. The number of rotatable bonds is 8. The molecule has 0 spiro atoms. The van der Waals surface area contributed by atoms with Gasteiger partial charge in [0.15, 0.2) is 0 Å².